The number of nitriles is 1. The lowest BCUT2D eigenvalue weighted by molar-refractivity contribution is -0.141. The monoisotopic (exact) mass is 417 g/mol. The zero-order valence-electron chi connectivity index (χ0n) is 14.8. The summed E-state index contributed by atoms with van der Waals surface area (Å²) in [5.74, 6) is -1.05. The lowest BCUT2D eigenvalue weighted by Gasteiger charge is -2.12. The maximum absolute atomic E-state index is 14.8. The Morgan fingerprint density at radius 3 is 2.69 bits per heavy atom. The van der Waals surface area contributed by atoms with E-state index in [1.54, 1.807) is 19.2 Å². The van der Waals surface area contributed by atoms with Crippen molar-refractivity contribution in [2.45, 2.75) is 19.6 Å². The molecule has 146 valence electrons. The molecule has 4 heterocycles. The summed E-state index contributed by atoms with van der Waals surface area (Å²) in [6.07, 6.45) is 0.566. The number of halogens is 4. The number of pyridine rings is 2. The molecule has 0 saturated carbocycles. The Kier molecular flexibility index (Phi) is 4.55. The normalized spacial score (nSPS) is 11.7. The van der Waals surface area contributed by atoms with Crippen molar-refractivity contribution < 1.29 is 17.6 Å². The van der Waals surface area contributed by atoms with Gasteiger partial charge in [0.1, 0.15) is 10.9 Å². The highest BCUT2D eigenvalue weighted by Gasteiger charge is 2.39. The number of alkyl halides is 3. The van der Waals surface area contributed by atoms with Gasteiger partial charge in [-0.15, -0.1) is 11.3 Å². The molecule has 0 aliphatic carbocycles. The van der Waals surface area contributed by atoms with Gasteiger partial charge in [0.25, 0.3) is 0 Å². The molecule has 0 radical (unpaired) electrons. The van der Waals surface area contributed by atoms with E-state index in [-0.39, 0.29) is 17.7 Å². The molecular formula is C19H11F4N5S. The van der Waals surface area contributed by atoms with Crippen molar-refractivity contribution in [3.05, 3.63) is 53.4 Å². The first kappa shape index (κ1) is 19.0. The van der Waals surface area contributed by atoms with Gasteiger partial charge in [-0.3, -0.25) is 9.67 Å². The molecule has 0 bridgehead atoms. The minimum atomic E-state index is -4.77. The highest BCUT2D eigenvalue weighted by Crippen LogP contribution is 2.43. The highest BCUT2D eigenvalue weighted by molar-refractivity contribution is 7.19. The molecule has 4 aromatic rings. The van der Waals surface area contributed by atoms with Gasteiger partial charge in [0.05, 0.1) is 4.70 Å². The second kappa shape index (κ2) is 6.93. The van der Waals surface area contributed by atoms with Crippen LogP contribution in [-0.4, -0.2) is 19.7 Å². The van der Waals surface area contributed by atoms with Crippen LogP contribution in [0.25, 0.3) is 32.3 Å². The predicted molar refractivity (Wildman–Crippen MR) is 99.4 cm³/mol. The van der Waals surface area contributed by atoms with Crippen molar-refractivity contribution in [2.24, 2.45) is 0 Å². The molecule has 0 N–H and O–H groups in total. The average molecular weight is 417 g/mol. The SMILES string of the molecule is CCn1cc(-c2c(-c3cncc4sc(C#N)cc34)ccnc2F)c(C(F)(F)F)n1. The van der Waals surface area contributed by atoms with Crippen LogP contribution < -0.4 is 0 Å². The van der Waals surface area contributed by atoms with Gasteiger partial charge >= 0.3 is 6.18 Å². The van der Waals surface area contributed by atoms with Gasteiger partial charge in [-0.25, -0.2) is 4.98 Å². The van der Waals surface area contributed by atoms with E-state index in [2.05, 4.69) is 15.1 Å². The zero-order chi connectivity index (χ0) is 20.8. The Balaban J connectivity index is 2.05. The van der Waals surface area contributed by atoms with Crippen molar-refractivity contribution in [3.63, 3.8) is 0 Å². The molecule has 5 nitrogen and oxygen atoms in total. The Bertz CT molecular complexity index is 1270. The Labute approximate surface area is 165 Å². The minimum absolute atomic E-state index is 0.188. The fourth-order valence-corrected chi connectivity index (χ4v) is 3.97. The van der Waals surface area contributed by atoms with Crippen LogP contribution >= 0.6 is 11.3 Å². The molecule has 4 aromatic heterocycles. The van der Waals surface area contributed by atoms with Gasteiger partial charge in [-0.2, -0.15) is 27.9 Å². The smallest absolute Gasteiger partial charge is 0.272 e. The number of rotatable bonds is 3. The van der Waals surface area contributed by atoms with Crippen LogP contribution in [0.5, 0.6) is 0 Å². The first-order valence-corrected chi connectivity index (χ1v) is 9.22. The Morgan fingerprint density at radius 1 is 1.21 bits per heavy atom. The van der Waals surface area contributed by atoms with Crippen LogP contribution in [0.4, 0.5) is 17.6 Å². The molecular weight excluding hydrogens is 406 g/mol. The summed E-state index contributed by atoms with van der Waals surface area (Å²) in [5, 5.41) is 13.3. The van der Waals surface area contributed by atoms with E-state index in [1.165, 1.54) is 29.8 Å². The molecule has 0 amide bonds. The second-order valence-electron chi connectivity index (χ2n) is 6.09. The zero-order valence-corrected chi connectivity index (χ0v) is 15.6. The van der Waals surface area contributed by atoms with Crippen LogP contribution in [0.1, 0.15) is 17.5 Å². The van der Waals surface area contributed by atoms with Crippen LogP contribution in [-0.2, 0) is 12.7 Å². The standard InChI is InChI=1S/C19H11F4N5S/c1-2-28-9-14(17(27-28)19(21,22)23)16-11(3-4-26-18(16)20)13-7-25-8-15-12(13)5-10(6-24)29-15/h3-5,7-9H,2H2,1H3. The minimum Gasteiger partial charge on any atom is -0.272 e. The van der Waals surface area contributed by atoms with Crippen LogP contribution in [0.2, 0.25) is 0 Å². The molecule has 0 aliphatic heterocycles. The molecule has 0 spiro atoms. The van der Waals surface area contributed by atoms with E-state index in [0.29, 0.717) is 20.5 Å². The number of nitrogens with zero attached hydrogens (tertiary/aromatic N) is 5. The van der Waals surface area contributed by atoms with Crippen molar-refractivity contribution in [1.29, 1.82) is 5.26 Å². The summed E-state index contributed by atoms with van der Waals surface area (Å²) in [6, 6.07) is 5.08. The van der Waals surface area contributed by atoms with E-state index in [0.717, 1.165) is 10.9 Å². The van der Waals surface area contributed by atoms with Crippen molar-refractivity contribution in [2.75, 3.05) is 0 Å². The van der Waals surface area contributed by atoms with Crippen molar-refractivity contribution in [3.8, 4) is 28.3 Å². The van der Waals surface area contributed by atoms with E-state index in [1.807, 2.05) is 6.07 Å². The van der Waals surface area contributed by atoms with Gasteiger partial charge in [0.2, 0.25) is 5.95 Å². The maximum atomic E-state index is 14.8. The van der Waals surface area contributed by atoms with Gasteiger partial charge in [-0.05, 0) is 24.6 Å². The Hall–Kier alpha value is -3.32. The molecule has 0 aromatic carbocycles. The van der Waals surface area contributed by atoms with Crippen LogP contribution in [0.15, 0.2) is 36.9 Å². The summed E-state index contributed by atoms with van der Waals surface area (Å²) >= 11 is 1.20. The summed E-state index contributed by atoms with van der Waals surface area (Å²) in [6.45, 7) is 1.82. The van der Waals surface area contributed by atoms with Gasteiger partial charge in [0.15, 0.2) is 5.69 Å². The number of hydrogen-bond donors (Lipinski definition) is 0. The third-order valence-electron chi connectivity index (χ3n) is 4.38. The molecule has 29 heavy (non-hydrogen) atoms. The maximum Gasteiger partial charge on any atom is 0.435 e. The first-order valence-electron chi connectivity index (χ1n) is 8.41. The third kappa shape index (κ3) is 3.23. The Morgan fingerprint density at radius 2 is 2.00 bits per heavy atom. The van der Waals surface area contributed by atoms with Crippen molar-refractivity contribution >= 4 is 21.4 Å². The van der Waals surface area contributed by atoms with E-state index in [9.17, 15) is 17.6 Å². The summed E-state index contributed by atoms with van der Waals surface area (Å²) in [4.78, 5) is 8.09. The molecule has 0 saturated heterocycles. The molecule has 4 rings (SSSR count). The molecule has 0 fully saturated rings. The number of thiophene rings is 1. The summed E-state index contributed by atoms with van der Waals surface area (Å²) in [5.41, 5.74) is -1.28. The first-order chi connectivity index (χ1) is 13.8. The third-order valence-corrected chi connectivity index (χ3v) is 5.35. The number of aryl methyl sites for hydroxylation is 1. The van der Waals surface area contributed by atoms with Gasteiger partial charge < -0.3 is 0 Å². The van der Waals surface area contributed by atoms with Crippen LogP contribution in [0.3, 0.4) is 0 Å². The predicted octanol–water partition coefficient (Wildman–Crippen LogP) is 5.27. The molecule has 0 unspecified atom stereocenters. The summed E-state index contributed by atoms with van der Waals surface area (Å²) < 4.78 is 57.3. The number of aromatic nitrogens is 4. The molecule has 10 heteroatoms. The topological polar surface area (TPSA) is 67.4 Å². The van der Waals surface area contributed by atoms with E-state index >= 15 is 0 Å². The number of fused-ring (bicyclic) bond motifs is 1. The van der Waals surface area contributed by atoms with E-state index < -0.39 is 23.4 Å². The fraction of sp³-hybridized carbons (Fsp3) is 0.158. The second-order valence-corrected chi connectivity index (χ2v) is 7.17. The molecule has 0 aliphatic rings. The van der Waals surface area contributed by atoms with Gasteiger partial charge in [-0.1, -0.05) is 0 Å². The average Bonchev–Trinajstić information content (AvgIpc) is 3.31. The quantitative estimate of drug-likeness (QED) is 0.336. The lowest BCUT2D eigenvalue weighted by atomic mass is 9.95. The van der Waals surface area contributed by atoms with E-state index in [4.69, 9.17) is 5.26 Å². The van der Waals surface area contributed by atoms with Gasteiger partial charge in [0, 0.05) is 53.4 Å². The lowest BCUT2D eigenvalue weighted by Crippen LogP contribution is -2.09. The summed E-state index contributed by atoms with van der Waals surface area (Å²) in [7, 11) is 0. The largest absolute Gasteiger partial charge is 0.435 e. The van der Waals surface area contributed by atoms with Crippen LogP contribution in [0, 0.1) is 17.3 Å². The number of hydrogen-bond acceptors (Lipinski definition) is 5. The molecule has 0 atom stereocenters. The van der Waals surface area contributed by atoms with Crippen molar-refractivity contribution in [1.82, 2.24) is 19.7 Å². The highest BCUT2D eigenvalue weighted by atomic mass is 32.1. The fourth-order valence-electron chi connectivity index (χ4n) is 3.12.